The van der Waals surface area contributed by atoms with Crippen molar-refractivity contribution >= 4 is 11.9 Å². The van der Waals surface area contributed by atoms with Gasteiger partial charge >= 0.3 is 0 Å². The molecule has 4 heterocycles. The highest BCUT2D eigenvalue weighted by atomic mass is 16.2. The summed E-state index contributed by atoms with van der Waals surface area (Å²) in [7, 11) is 0. The van der Waals surface area contributed by atoms with Gasteiger partial charge in [-0.2, -0.15) is 0 Å². The highest BCUT2D eigenvalue weighted by molar-refractivity contribution is 5.93. The van der Waals surface area contributed by atoms with Gasteiger partial charge in [-0.05, 0) is 57.6 Å². The van der Waals surface area contributed by atoms with Crippen molar-refractivity contribution in [3.8, 4) is 0 Å². The SMILES string of the molecule is Cc1cccc(Cc2cncc(C3CCCN3C(=O)c3cc(C)nc(N4CCCCC4)n3)n2)c1. The molecule has 1 amide bonds. The van der Waals surface area contributed by atoms with Crippen LogP contribution in [0.3, 0.4) is 0 Å². The van der Waals surface area contributed by atoms with E-state index in [-0.39, 0.29) is 11.9 Å². The van der Waals surface area contributed by atoms with Crippen LogP contribution in [0.4, 0.5) is 5.95 Å². The molecule has 7 nitrogen and oxygen atoms in total. The number of piperidine rings is 1. The van der Waals surface area contributed by atoms with Gasteiger partial charge in [0.15, 0.2) is 0 Å². The minimum absolute atomic E-state index is 0.0443. The topological polar surface area (TPSA) is 75.1 Å². The summed E-state index contributed by atoms with van der Waals surface area (Å²) >= 11 is 0. The first-order chi connectivity index (χ1) is 16.6. The summed E-state index contributed by atoms with van der Waals surface area (Å²) in [5.74, 6) is 0.635. The van der Waals surface area contributed by atoms with Crippen molar-refractivity contribution in [2.24, 2.45) is 0 Å². The molecule has 0 N–H and O–H groups in total. The third kappa shape index (κ3) is 4.93. The Morgan fingerprint density at radius 2 is 1.82 bits per heavy atom. The Balaban J connectivity index is 1.37. The van der Waals surface area contributed by atoms with Crippen LogP contribution in [-0.2, 0) is 6.42 Å². The van der Waals surface area contributed by atoms with Gasteiger partial charge in [-0.25, -0.2) is 9.97 Å². The summed E-state index contributed by atoms with van der Waals surface area (Å²) in [4.78, 5) is 36.4. The number of benzene rings is 1. The minimum Gasteiger partial charge on any atom is -0.341 e. The van der Waals surface area contributed by atoms with E-state index >= 15 is 0 Å². The largest absolute Gasteiger partial charge is 0.341 e. The van der Waals surface area contributed by atoms with E-state index in [4.69, 9.17) is 9.97 Å². The minimum atomic E-state index is -0.0776. The summed E-state index contributed by atoms with van der Waals surface area (Å²) < 4.78 is 0. The number of likely N-dealkylation sites (tertiary alicyclic amines) is 1. The van der Waals surface area contributed by atoms with E-state index in [0.29, 0.717) is 18.2 Å². The lowest BCUT2D eigenvalue weighted by Crippen LogP contribution is -2.34. The maximum Gasteiger partial charge on any atom is 0.273 e. The summed E-state index contributed by atoms with van der Waals surface area (Å²) in [6.07, 6.45) is 9.73. The first-order valence-corrected chi connectivity index (χ1v) is 12.3. The molecule has 1 atom stereocenters. The molecule has 7 heteroatoms. The quantitative estimate of drug-likeness (QED) is 0.565. The lowest BCUT2D eigenvalue weighted by atomic mass is 10.1. The van der Waals surface area contributed by atoms with Gasteiger partial charge in [0.1, 0.15) is 5.69 Å². The average Bonchev–Trinajstić information content (AvgIpc) is 3.34. The smallest absolute Gasteiger partial charge is 0.273 e. The van der Waals surface area contributed by atoms with E-state index < -0.39 is 0 Å². The molecule has 176 valence electrons. The van der Waals surface area contributed by atoms with E-state index in [0.717, 1.165) is 62.3 Å². The fourth-order valence-electron chi connectivity index (χ4n) is 5.06. The molecule has 2 aliphatic heterocycles. The number of anilines is 1. The van der Waals surface area contributed by atoms with Gasteiger partial charge in [-0.1, -0.05) is 29.8 Å². The van der Waals surface area contributed by atoms with Crippen molar-refractivity contribution in [1.29, 1.82) is 0 Å². The molecule has 2 aliphatic rings. The number of carbonyl (C=O) groups excluding carboxylic acids is 1. The van der Waals surface area contributed by atoms with Crippen LogP contribution in [0, 0.1) is 13.8 Å². The molecule has 34 heavy (non-hydrogen) atoms. The molecule has 2 saturated heterocycles. The lowest BCUT2D eigenvalue weighted by Gasteiger charge is -2.28. The fraction of sp³-hybridized carbons (Fsp3) is 0.444. The summed E-state index contributed by atoms with van der Waals surface area (Å²) in [5.41, 5.74) is 5.54. The van der Waals surface area contributed by atoms with Crippen LogP contribution >= 0.6 is 0 Å². The average molecular weight is 457 g/mol. The molecule has 3 aromatic rings. The molecule has 0 spiro atoms. The van der Waals surface area contributed by atoms with E-state index in [2.05, 4.69) is 46.1 Å². The van der Waals surface area contributed by atoms with Crippen LogP contribution in [0.1, 0.15) is 76.8 Å². The van der Waals surface area contributed by atoms with Gasteiger partial charge in [0.25, 0.3) is 5.91 Å². The van der Waals surface area contributed by atoms with Crippen molar-refractivity contribution in [3.63, 3.8) is 0 Å². The maximum absolute atomic E-state index is 13.6. The first-order valence-electron chi connectivity index (χ1n) is 12.3. The summed E-state index contributed by atoms with van der Waals surface area (Å²) in [6, 6.07) is 10.2. The molecule has 0 saturated carbocycles. The Morgan fingerprint density at radius 3 is 2.65 bits per heavy atom. The predicted octanol–water partition coefficient (Wildman–Crippen LogP) is 4.44. The van der Waals surface area contributed by atoms with E-state index in [1.54, 1.807) is 6.20 Å². The van der Waals surface area contributed by atoms with Crippen LogP contribution in [0.5, 0.6) is 0 Å². The van der Waals surface area contributed by atoms with Crippen molar-refractivity contribution in [1.82, 2.24) is 24.8 Å². The number of hydrogen-bond acceptors (Lipinski definition) is 6. The van der Waals surface area contributed by atoms with Gasteiger partial charge in [-0.15, -0.1) is 0 Å². The third-order valence-corrected chi connectivity index (χ3v) is 6.73. The van der Waals surface area contributed by atoms with E-state index in [9.17, 15) is 4.79 Å². The third-order valence-electron chi connectivity index (χ3n) is 6.73. The molecule has 0 radical (unpaired) electrons. The first kappa shape index (κ1) is 22.4. The normalized spacial score (nSPS) is 18.4. The molecule has 0 bridgehead atoms. The number of amides is 1. The summed E-state index contributed by atoms with van der Waals surface area (Å²) in [6.45, 7) is 6.64. The summed E-state index contributed by atoms with van der Waals surface area (Å²) in [5, 5.41) is 0. The highest BCUT2D eigenvalue weighted by Crippen LogP contribution is 2.32. The van der Waals surface area contributed by atoms with Crippen LogP contribution in [-0.4, -0.2) is 50.4 Å². The molecule has 5 rings (SSSR count). The molecule has 1 aromatic carbocycles. The molecular weight excluding hydrogens is 424 g/mol. The van der Waals surface area contributed by atoms with Gasteiger partial charge in [0, 0.05) is 37.9 Å². The van der Waals surface area contributed by atoms with Gasteiger partial charge < -0.3 is 9.80 Å². The predicted molar refractivity (Wildman–Crippen MR) is 132 cm³/mol. The standard InChI is InChI=1S/C27H32N6O/c1-19-8-6-9-21(14-19)16-22-17-28-18-24(30-22)25-10-7-13-33(25)26(34)23-15-20(2)29-27(31-23)32-11-4-3-5-12-32/h6,8-9,14-15,17-18,25H,3-5,7,10-13,16H2,1-2H3. The Bertz CT molecular complexity index is 1170. The van der Waals surface area contributed by atoms with Crippen molar-refractivity contribution in [2.45, 2.75) is 58.4 Å². The Morgan fingerprint density at radius 1 is 0.971 bits per heavy atom. The van der Waals surface area contributed by atoms with Crippen LogP contribution in [0.15, 0.2) is 42.7 Å². The second kappa shape index (κ2) is 9.87. The van der Waals surface area contributed by atoms with Crippen molar-refractivity contribution in [3.05, 3.63) is 76.6 Å². The van der Waals surface area contributed by atoms with Gasteiger partial charge in [0.2, 0.25) is 5.95 Å². The maximum atomic E-state index is 13.6. The monoisotopic (exact) mass is 456 g/mol. The zero-order valence-electron chi connectivity index (χ0n) is 20.1. The van der Waals surface area contributed by atoms with Crippen LogP contribution in [0.25, 0.3) is 0 Å². The number of hydrogen-bond donors (Lipinski definition) is 0. The zero-order chi connectivity index (χ0) is 23.5. The zero-order valence-corrected chi connectivity index (χ0v) is 20.1. The number of aromatic nitrogens is 4. The van der Waals surface area contributed by atoms with Crippen LogP contribution in [0.2, 0.25) is 0 Å². The number of rotatable bonds is 5. The molecule has 1 unspecified atom stereocenters. The van der Waals surface area contributed by atoms with Crippen molar-refractivity contribution in [2.75, 3.05) is 24.5 Å². The molecule has 2 aromatic heterocycles. The Kier molecular flexibility index (Phi) is 6.52. The number of nitrogens with zero attached hydrogens (tertiary/aromatic N) is 6. The molecular formula is C27H32N6O. The van der Waals surface area contributed by atoms with Gasteiger partial charge in [-0.3, -0.25) is 14.8 Å². The van der Waals surface area contributed by atoms with E-state index in [1.807, 2.05) is 24.1 Å². The number of carbonyl (C=O) groups is 1. The Hall–Kier alpha value is -3.35. The highest BCUT2D eigenvalue weighted by Gasteiger charge is 2.33. The van der Waals surface area contributed by atoms with Crippen LogP contribution < -0.4 is 4.90 Å². The van der Waals surface area contributed by atoms with Crippen molar-refractivity contribution < 1.29 is 4.79 Å². The lowest BCUT2D eigenvalue weighted by molar-refractivity contribution is 0.0726. The van der Waals surface area contributed by atoms with E-state index in [1.165, 1.54) is 17.5 Å². The Labute approximate surface area is 201 Å². The molecule has 2 fully saturated rings. The van der Waals surface area contributed by atoms with Gasteiger partial charge in [0.05, 0.1) is 23.6 Å². The fourth-order valence-corrected chi connectivity index (χ4v) is 5.06. The second-order valence-electron chi connectivity index (χ2n) is 9.50. The molecule has 0 aliphatic carbocycles. The second-order valence-corrected chi connectivity index (χ2v) is 9.50. The number of aryl methyl sites for hydroxylation is 2.